The summed E-state index contributed by atoms with van der Waals surface area (Å²) in [6, 6.07) is 6.03. The first-order valence-corrected chi connectivity index (χ1v) is 7.04. The number of halogens is 2. The zero-order chi connectivity index (χ0) is 16.4. The molecule has 122 valence electrons. The van der Waals surface area contributed by atoms with Crippen LogP contribution in [-0.2, 0) is 9.63 Å². The Kier molecular flexibility index (Phi) is 7.88. The van der Waals surface area contributed by atoms with Crippen LogP contribution >= 0.6 is 0 Å². The van der Waals surface area contributed by atoms with Gasteiger partial charge in [-0.05, 0) is 42.7 Å². The van der Waals surface area contributed by atoms with Crippen LogP contribution in [0.4, 0.5) is 8.78 Å². The lowest BCUT2D eigenvalue weighted by molar-refractivity contribution is -0.126. The van der Waals surface area contributed by atoms with E-state index in [1.807, 2.05) is 13.8 Å². The van der Waals surface area contributed by atoms with Crippen LogP contribution in [0.25, 0.3) is 0 Å². The molecule has 22 heavy (non-hydrogen) atoms. The van der Waals surface area contributed by atoms with E-state index in [4.69, 9.17) is 4.84 Å². The largest absolute Gasteiger partial charge is 0.435 e. The van der Waals surface area contributed by atoms with Crippen LogP contribution in [0.15, 0.2) is 29.4 Å². The Balaban J connectivity index is 2.35. The summed E-state index contributed by atoms with van der Waals surface area (Å²) in [6.45, 7) is 0.972. The van der Waals surface area contributed by atoms with Crippen molar-refractivity contribution in [3.05, 3.63) is 29.8 Å². The summed E-state index contributed by atoms with van der Waals surface area (Å²) in [4.78, 5) is 16.4. The average molecular weight is 314 g/mol. The van der Waals surface area contributed by atoms with Gasteiger partial charge in [-0.25, -0.2) is 0 Å². The number of alkyl halides is 2. The number of benzene rings is 1. The molecule has 0 spiro atoms. The predicted molar refractivity (Wildman–Crippen MR) is 79.1 cm³/mol. The van der Waals surface area contributed by atoms with E-state index < -0.39 is 6.61 Å². The summed E-state index contributed by atoms with van der Waals surface area (Å²) in [5.74, 6) is -0.163. The fraction of sp³-hybridized carbons (Fsp3) is 0.467. The first kappa shape index (κ1) is 17.9. The Morgan fingerprint density at radius 2 is 1.91 bits per heavy atom. The molecule has 0 saturated carbocycles. The zero-order valence-corrected chi connectivity index (χ0v) is 12.6. The number of nitrogens with one attached hydrogen (secondary N) is 1. The summed E-state index contributed by atoms with van der Waals surface area (Å²) in [6.07, 6.45) is 3.10. The van der Waals surface area contributed by atoms with Crippen molar-refractivity contribution in [2.45, 2.75) is 39.3 Å². The number of nitrogens with zero attached hydrogens (tertiary/aromatic N) is 1. The molecule has 1 aromatic rings. The maximum Gasteiger partial charge on any atom is 0.387 e. The van der Waals surface area contributed by atoms with Crippen molar-refractivity contribution in [1.82, 2.24) is 5.32 Å². The maximum absolute atomic E-state index is 12.0. The van der Waals surface area contributed by atoms with E-state index in [0.29, 0.717) is 5.56 Å². The Hall–Kier alpha value is -2.18. The number of oxime groups is 1. The third kappa shape index (κ3) is 7.01. The summed E-state index contributed by atoms with van der Waals surface area (Å²) >= 11 is 0. The van der Waals surface area contributed by atoms with Gasteiger partial charge in [0.15, 0.2) is 6.61 Å². The van der Waals surface area contributed by atoms with Crippen molar-refractivity contribution in [1.29, 1.82) is 0 Å². The van der Waals surface area contributed by atoms with E-state index in [-0.39, 0.29) is 24.3 Å². The summed E-state index contributed by atoms with van der Waals surface area (Å²) in [7, 11) is 0. The van der Waals surface area contributed by atoms with E-state index in [9.17, 15) is 13.6 Å². The van der Waals surface area contributed by atoms with Crippen LogP contribution in [0, 0.1) is 0 Å². The third-order valence-corrected chi connectivity index (χ3v) is 2.93. The molecule has 0 radical (unpaired) electrons. The van der Waals surface area contributed by atoms with Crippen LogP contribution in [0.5, 0.6) is 5.75 Å². The summed E-state index contributed by atoms with van der Waals surface area (Å²) in [5.41, 5.74) is 0.641. The molecular weight excluding hydrogens is 294 g/mol. The minimum Gasteiger partial charge on any atom is -0.435 e. The fourth-order valence-electron chi connectivity index (χ4n) is 1.69. The molecular formula is C15H20F2N2O3. The zero-order valence-electron chi connectivity index (χ0n) is 12.6. The van der Waals surface area contributed by atoms with Crippen LogP contribution < -0.4 is 10.1 Å². The molecule has 0 aliphatic carbocycles. The van der Waals surface area contributed by atoms with Gasteiger partial charge in [0.25, 0.3) is 5.91 Å². The van der Waals surface area contributed by atoms with Crippen LogP contribution in [0.3, 0.4) is 0 Å². The van der Waals surface area contributed by atoms with Gasteiger partial charge in [-0.1, -0.05) is 19.0 Å². The van der Waals surface area contributed by atoms with E-state index in [2.05, 4.69) is 15.2 Å². The normalized spacial score (nSPS) is 11.2. The minimum atomic E-state index is -2.85. The van der Waals surface area contributed by atoms with Crippen molar-refractivity contribution in [2.75, 3.05) is 6.61 Å². The van der Waals surface area contributed by atoms with Gasteiger partial charge in [-0.15, -0.1) is 0 Å². The molecule has 1 N–H and O–H groups in total. The molecule has 1 aromatic carbocycles. The number of carbonyl (C=O) groups excluding carboxylic acids is 1. The molecule has 0 aliphatic heterocycles. The predicted octanol–water partition coefficient (Wildman–Crippen LogP) is 2.94. The molecule has 0 aromatic heterocycles. The van der Waals surface area contributed by atoms with E-state index >= 15 is 0 Å². The van der Waals surface area contributed by atoms with E-state index in [0.717, 1.165) is 12.8 Å². The van der Waals surface area contributed by atoms with Crippen LogP contribution in [-0.4, -0.2) is 31.4 Å². The molecule has 0 bridgehead atoms. The summed E-state index contributed by atoms with van der Waals surface area (Å²) < 4.78 is 28.2. The first-order valence-electron chi connectivity index (χ1n) is 7.04. The Morgan fingerprint density at radius 1 is 1.27 bits per heavy atom. The van der Waals surface area contributed by atoms with E-state index in [1.54, 1.807) is 12.1 Å². The van der Waals surface area contributed by atoms with E-state index in [1.165, 1.54) is 18.3 Å². The Labute approximate surface area is 128 Å². The standard InChI is InChI=1S/C15H20F2N2O3/c1-3-12(4-2)19-14(20)10-21-18-9-11-5-7-13(8-6-11)22-15(16)17/h5-9,12,15H,3-4,10H2,1-2H3,(H,19,20)/b18-9+. The van der Waals surface area contributed by atoms with Gasteiger partial charge in [-0.3, -0.25) is 4.79 Å². The monoisotopic (exact) mass is 314 g/mol. The van der Waals surface area contributed by atoms with Gasteiger partial charge in [0.05, 0.1) is 6.21 Å². The highest BCUT2D eigenvalue weighted by Crippen LogP contribution is 2.13. The lowest BCUT2D eigenvalue weighted by atomic mass is 10.2. The lowest BCUT2D eigenvalue weighted by Crippen LogP contribution is -2.36. The van der Waals surface area contributed by atoms with Crippen molar-refractivity contribution in [3.8, 4) is 5.75 Å². The lowest BCUT2D eigenvalue weighted by Gasteiger charge is -2.13. The van der Waals surface area contributed by atoms with Gasteiger partial charge in [0, 0.05) is 6.04 Å². The fourth-order valence-corrected chi connectivity index (χ4v) is 1.69. The van der Waals surface area contributed by atoms with Crippen molar-refractivity contribution < 1.29 is 23.1 Å². The molecule has 0 aliphatic rings. The Bertz CT molecular complexity index is 474. The first-order chi connectivity index (χ1) is 10.5. The molecule has 0 unspecified atom stereocenters. The summed E-state index contributed by atoms with van der Waals surface area (Å²) in [5, 5.41) is 6.47. The Morgan fingerprint density at radius 3 is 2.45 bits per heavy atom. The van der Waals surface area contributed by atoms with Gasteiger partial charge in [-0.2, -0.15) is 8.78 Å². The minimum absolute atomic E-state index is 0.0672. The van der Waals surface area contributed by atoms with Crippen LogP contribution in [0.1, 0.15) is 32.3 Å². The quantitative estimate of drug-likeness (QED) is 0.563. The molecule has 1 amide bonds. The van der Waals surface area contributed by atoms with Gasteiger partial charge in [0.2, 0.25) is 0 Å². The molecule has 0 heterocycles. The van der Waals surface area contributed by atoms with Gasteiger partial charge >= 0.3 is 6.61 Å². The SMILES string of the molecule is CCC(CC)NC(=O)CO/N=C/c1ccc(OC(F)F)cc1. The third-order valence-electron chi connectivity index (χ3n) is 2.93. The highest BCUT2D eigenvalue weighted by Gasteiger charge is 2.08. The number of carbonyl (C=O) groups is 1. The number of rotatable bonds is 9. The highest BCUT2D eigenvalue weighted by atomic mass is 19.3. The van der Waals surface area contributed by atoms with Gasteiger partial charge in [0.1, 0.15) is 5.75 Å². The van der Waals surface area contributed by atoms with Crippen molar-refractivity contribution in [3.63, 3.8) is 0 Å². The molecule has 0 fully saturated rings. The van der Waals surface area contributed by atoms with Gasteiger partial charge < -0.3 is 14.9 Å². The number of hydrogen-bond acceptors (Lipinski definition) is 4. The molecule has 0 saturated heterocycles. The molecule has 5 nitrogen and oxygen atoms in total. The second kappa shape index (κ2) is 9.70. The second-order valence-corrected chi connectivity index (χ2v) is 4.54. The molecule has 1 rings (SSSR count). The highest BCUT2D eigenvalue weighted by molar-refractivity contribution is 5.80. The number of ether oxygens (including phenoxy) is 1. The van der Waals surface area contributed by atoms with Crippen molar-refractivity contribution >= 4 is 12.1 Å². The number of hydrogen-bond donors (Lipinski definition) is 1. The molecule has 7 heteroatoms. The molecule has 0 atom stereocenters. The second-order valence-electron chi connectivity index (χ2n) is 4.54. The number of amides is 1. The maximum atomic E-state index is 12.0. The topological polar surface area (TPSA) is 59.9 Å². The van der Waals surface area contributed by atoms with Crippen molar-refractivity contribution in [2.24, 2.45) is 5.16 Å². The smallest absolute Gasteiger partial charge is 0.387 e. The average Bonchev–Trinajstić information content (AvgIpc) is 2.50. The van der Waals surface area contributed by atoms with Crippen LogP contribution in [0.2, 0.25) is 0 Å².